The number of hydrogen-bond donors (Lipinski definition) is 3. The third-order valence-electron chi connectivity index (χ3n) is 6.45. The molecule has 1 unspecified atom stereocenters. The zero-order valence-electron chi connectivity index (χ0n) is 18.0. The van der Waals surface area contributed by atoms with Crippen LogP contribution in [-0.4, -0.2) is 48.0 Å². The van der Waals surface area contributed by atoms with E-state index in [1.807, 2.05) is 18.2 Å². The molecule has 1 saturated heterocycles. The number of rotatable bonds is 10. The highest BCUT2D eigenvalue weighted by molar-refractivity contribution is 5.35. The lowest BCUT2D eigenvalue weighted by atomic mass is 9.75. The first-order chi connectivity index (χ1) is 14.6. The monoisotopic (exact) mass is 412 g/mol. The molecule has 1 aliphatic rings. The highest BCUT2D eigenvalue weighted by atomic mass is 16.5. The minimum atomic E-state index is -0.624. The van der Waals surface area contributed by atoms with Gasteiger partial charge in [0.05, 0.1) is 25.5 Å². The SMILES string of the molecule is COc1ccccc1C[C@@H]1CCCN(CCCCC(O)CO)[C@]1(N)c1ccccc1. The number of nitrogens with two attached hydrogens (primary N) is 1. The zero-order chi connectivity index (χ0) is 21.4. The molecular weight excluding hydrogens is 376 g/mol. The van der Waals surface area contributed by atoms with Gasteiger partial charge in [-0.05, 0) is 61.6 Å². The summed E-state index contributed by atoms with van der Waals surface area (Å²) >= 11 is 0. The minimum absolute atomic E-state index is 0.171. The van der Waals surface area contributed by atoms with Crippen molar-refractivity contribution in [2.24, 2.45) is 11.7 Å². The third kappa shape index (κ3) is 5.22. The Morgan fingerprint density at radius 3 is 2.60 bits per heavy atom. The van der Waals surface area contributed by atoms with E-state index in [0.29, 0.717) is 6.42 Å². The summed E-state index contributed by atoms with van der Waals surface area (Å²) in [4.78, 5) is 2.43. The van der Waals surface area contributed by atoms with E-state index in [4.69, 9.17) is 15.6 Å². The quantitative estimate of drug-likeness (QED) is 0.522. The first-order valence-electron chi connectivity index (χ1n) is 11.1. The molecule has 5 nitrogen and oxygen atoms in total. The van der Waals surface area contributed by atoms with Crippen molar-refractivity contribution in [2.75, 3.05) is 26.8 Å². The second-order valence-electron chi connectivity index (χ2n) is 8.37. The third-order valence-corrected chi connectivity index (χ3v) is 6.45. The Morgan fingerprint density at radius 2 is 1.87 bits per heavy atom. The number of aliphatic hydroxyl groups excluding tert-OH is 2. The molecule has 2 aromatic rings. The lowest BCUT2D eigenvalue weighted by molar-refractivity contribution is -0.00901. The van der Waals surface area contributed by atoms with Crippen LogP contribution >= 0.6 is 0 Å². The summed E-state index contributed by atoms with van der Waals surface area (Å²) in [6.07, 6.45) is 4.88. The van der Waals surface area contributed by atoms with Crippen LogP contribution in [0.25, 0.3) is 0 Å². The van der Waals surface area contributed by atoms with Crippen molar-refractivity contribution in [3.8, 4) is 5.75 Å². The Bertz CT molecular complexity index is 770. The van der Waals surface area contributed by atoms with Gasteiger partial charge in [0.2, 0.25) is 0 Å². The number of unbranched alkanes of at least 4 members (excludes halogenated alkanes) is 1. The van der Waals surface area contributed by atoms with Gasteiger partial charge in [-0.25, -0.2) is 0 Å². The second kappa shape index (κ2) is 10.9. The number of nitrogens with zero attached hydrogens (tertiary/aromatic N) is 1. The molecule has 164 valence electrons. The van der Waals surface area contributed by atoms with Crippen molar-refractivity contribution < 1.29 is 14.9 Å². The molecule has 0 radical (unpaired) electrons. The van der Waals surface area contributed by atoms with Crippen molar-refractivity contribution in [2.45, 2.75) is 50.3 Å². The van der Waals surface area contributed by atoms with E-state index >= 15 is 0 Å². The van der Waals surface area contributed by atoms with Crippen LogP contribution in [0.5, 0.6) is 5.75 Å². The maximum atomic E-state index is 9.63. The van der Waals surface area contributed by atoms with Crippen molar-refractivity contribution in [3.63, 3.8) is 0 Å². The minimum Gasteiger partial charge on any atom is -0.496 e. The Kier molecular flexibility index (Phi) is 8.28. The van der Waals surface area contributed by atoms with Crippen molar-refractivity contribution in [3.05, 3.63) is 65.7 Å². The summed E-state index contributed by atoms with van der Waals surface area (Å²) in [5.41, 5.74) is 9.08. The lowest BCUT2D eigenvalue weighted by Crippen LogP contribution is -2.61. The average molecular weight is 413 g/mol. The molecule has 30 heavy (non-hydrogen) atoms. The number of para-hydroxylation sites is 1. The van der Waals surface area contributed by atoms with Gasteiger partial charge in [0.15, 0.2) is 0 Å². The van der Waals surface area contributed by atoms with Crippen LogP contribution in [-0.2, 0) is 12.1 Å². The van der Waals surface area contributed by atoms with Crippen LogP contribution in [0, 0.1) is 5.92 Å². The predicted octanol–water partition coefficient (Wildman–Crippen LogP) is 3.28. The van der Waals surface area contributed by atoms with Gasteiger partial charge >= 0.3 is 0 Å². The first-order valence-corrected chi connectivity index (χ1v) is 11.1. The van der Waals surface area contributed by atoms with Gasteiger partial charge in [0.25, 0.3) is 0 Å². The summed E-state index contributed by atoms with van der Waals surface area (Å²) in [6.45, 7) is 1.68. The number of ether oxygens (including phenoxy) is 1. The summed E-state index contributed by atoms with van der Waals surface area (Å²) in [5.74, 6) is 1.19. The fourth-order valence-corrected chi connectivity index (χ4v) is 4.78. The molecule has 0 amide bonds. The maximum Gasteiger partial charge on any atom is 0.122 e. The summed E-state index contributed by atoms with van der Waals surface area (Å²) in [6, 6.07) is 18.7. The highest BCUT2D eigenvalue weighted by Crippen LogP contribution is 2.41. The van der Waals surface area contributed by atoms with Gasteiger partial charge in [-0.1, -0.05) is 48.5 Å². The van der Waals surface area contributed by atoms with E-state index < -0.39 is 11.8 Å². The number of benzene rings is 2. The Hall–Kier alpha value is -1.92. The molecule has 0 saturated carbocycles. The van der Waals surface area contributed by atoms with E-state index in [1.54, 1.807) is 7.11 Å². The predicted molar refractivity (Wildman–Crippen MR) is 120 cm³/mol. The van der Waals surface area contributed by atoms with E-state index in [2.05, 4.69) is 41.3 Å². The van der Waals surface area contributed by atoms with Crippen molar-refractivity contribution >= 4 is 0 Å². The lowest BCUT2D eigenvalue weighted by Gasteiger charge is -2.50. The van der Waals surface area contributed by atoms with E-state index in [-0.39, 0.29) is 12.5 Å². The molecule has 0 bridgehead atoms. The second-order valence-corrected chi connectivity index (χ2v) is 8.37. The average Bonchev–Trinajstić information content (AvgIpc) is 2.79. The van der Waals surface area contributed by atoms with E-state index in [9.17, 15) is 5.11 Å². The van der Waals surface area contributed by atoms with Crippen LogP contribution in [0.3, 0.4) is 0 Å². The van der Waals surface area contributed by atoms with Gasteiger partial charge in [0.1, 0.15) is 5.75 Å². The first kappa shape index (κ1) is 22.8. The number of methoxy groups -OCH3 is 1. The summed E-state index contributed by atoms with van der Waals surface area (Å²) in [5, 5.41) is 18.7. The largest absolute Gasteiger partial charge is 0.496 e. The molecule has 4 N–H and O–H groups in total. The Balaban J connectivity index is 1.82. The standard InChI is InChI=1S/C25H36N2O3/c1-30-24-15-6-5-10-20(24)18-22-13-9-17-27(16-8-7-14-23(29)19-28)25(22,26)21-11-3-2-4-12-21/h2-6,10-12,15,22-23,28-29H,7-9,13-14,16-19,26H2,1H3/t22-,23?,25+/m0/s1. The van der Waals surface area contributed by atoms with E-state index in [1.165, 1.54) is 5.56 Å². The molecule has 5 heteroatoms. The van der Waals surface area contributed by atoms with Crippen molar-refractivity contribution in [1.29, 1.82) is 0 Å². The summed E-state index contributed by atoms with van der Waals surface area (Å²) < 4.78 is 5.60. The van der Waals surface area contributed by atoms with Crippen LogP contribution in [0.1, 0.15) is 43.2 Å². The molecule has 1 heterocycles. The van der Waals surface area contributed by atoms with Gasteiger partial charge < -0.3 is 20.7 Å². The molecule has 0 spiro atoms. The number of piperidine rings is 1. The fraction of sp³-hybridized carbons (Fsp3) is 0.520. The number of likely N-dealkylation sites (tertiary alicyclic amines) is 1. The molecule has 3 atom stereocenters. The molecule has 3 rings (SSSR count). The normalized spacial score (nSPS) is 23.3. The van der Waals surface area contributed by atoms with Crippen LogP contribution in [0.4, 0.5) is 0 Å². The maximum absolute atomic E-state index is 9.63. The van der Waals surface area contributed by atoms with Gasteiger partial charge in [0, 0.05) is 13.1 Å². The van der Waals surface area contributed by atoms with Crippen LogP contribution in [0.2, 0.25) is 0 Å². The molecule has 0 aromatic heterocycles. The van der Waals surface area contributed by atoms with Gasteiger partial charge in [-0.3, -0.25) is 4.90 Å². The highest BCUT2D eigenvalue weighted by Gasteiger charge is 2.44. The van der Waals surface area contributed by atoms with E-state index in [0.717, 1.165) is 56.5 Å². The molecule has 2 aromatic carbocycles. The molecule has 1 fully saturated rings. The molecular formula is C25H36N2O3. The van der Waals surface area contributed by atoms with Gasteiger partial charge in [-0.2, -0.15) is 0 Å². The van der Waals surface area contributed by atoms with Crippen LogP contribution < -0.4 is 10.5 Å². The fourth-order valence-electron chi connectivity index (χ4n) is 4.78. The van der Waals surface area contributed by atoms with Crippen molar-refractivity contribution in [1.82, 2.24) is 4.90 Å². The van der Waals surface area contributed by atoms with Gasteiger partial charge in [-0.15, -0.1) is 0 Å². The number of hydrogen-bond acceptors (Lipinski definition) is 5. The Morgan fingerprint density at radius 1 is 1.13 bits per heavy atom. The van der Waals surface area contributed by atoms with Crippen LogP contribution in [0.15, 0.2) is 54.6 Å². The summed E-state index contributed by atoms with van der Waals surface area (Å²) in [7, 11) is 1.72. The zero-order valence-corrected chi connectivity index (χ0v) is 18.0. The Labute approximate surface area is 180 Å². The number of aliphatic hydroxyl groups is 2. The topological polar surface area (TPSA) is 79.0 Å². The molecule has 1 aliphatic heterocycles. The molecule has 0 aliphatic carbocycles. The smallest absolute Gasteiger partial charge is 0.122 e.